The largest absolute Gasteiger partial charge is 0.467 e. The van der Waals surface area contributed by atoms with E-state index in [9.17, 15) is 24.0 Å². The molecule has 0 heterocycles. The third-order valence-corrected chi connectivity index (χ3v) is 10.5. The number of carbonyl (C=O) groups is 5. The molecule has 11 nitrogen and oxygen atoms in total. The average Bonchev–Trinajstić information content (AvgIpc) is 3.12. The van der Waals surface area contributed by atoms with Crippen LogP contribution in [-0.2, 0) is 41.5 Å². The Morgan fingerprint density at radius 1 is 0.717 bits per heavy atom. The van der Waals surface area contributed by atoms with Crippen LogP contribution in [0.2, 0.25) is 0 Å². The molecule has 2 saturated carbocycles. The van der Waals surface area contributed by atoms with Gasteiger partial charge in [-0.05, 0) is 75.8 Å². The van der Waals surface area contributed by atoms with Crippen molar-refractivity contribution in [3.63, 3.8) is 0 Å². The van der Waals surface area contributed by atoms with Crippen molar-refractivity contribution in [2.75, 3.05) is 7.11 Å². The Morgan fingerprint density at radius 3 is 1.87 bits per heavy atom. The first-order valence-electron chi connectivity index (χ1n) is 19.4. The molecule has 2 aromatic rings. The summed E-state index contributed by atoms with van der Waals surface area (Å²) in [5.41, 5.74) is 1.18. The van der Waals surface area contributed by atoms with E-state index in [1.807, 2.05) is 88.4 Å². The molecule has 53 heavy (non-hydrogen) atoms. The molecule has 2 aromatic carbocycles. The van der Waals surface area contributed by atoms with Crippen molar-refractivity contribution in [1.82, 2.24) is 21.3 Å². The summed E-state index contributed by atoms with van der Waals surface area (Å²) in [6.45, 7) is 7.44. The topological polar surface area (TPSA) is 152 Å². The van der Waals surface area contributed by atoms with Gasteiger partial charge < -0.3 is 30.7 Å². The normalized spacial score (nSPS) is 21.9. The summed E-state index contributed by atoms with van der Waals surface area (Å²) in [6, 6.07) is 16.9. The quantitative estimate of drug-likeness (QED) is 0.169. The molecule has 0 bridgehead atoms. The van der Waals surface area contributed by atoms with Gasteiger partial charge in [0.1, 0.15) is 17.7 Å². The molecular formula is C42H60N4O7. The zero-order chi connectivity index (χ0) is 38.4. The fourth-order valence-electron chi connectivity index (χ4n) is 7.90. The van der Waals surface area contributed by atoms with Crippen LogP contribution in [0, 0.1) is 17.8 Å². The number of nitrogens with one attached hydrogen (secondary N) is 4. The SMILES string of the molecule is CC[C@@H](C(=O)N[C@H](Cc1ccccc1)C(=O)N[C@@H]1CCCC[C@@H]1CC(=O)N[C@H](Cc1ccccc1)C(=O)OC)[C@H]1CCCC[C@H]1NC(=O)OC(C)(C)C. The average molecular weight is 733 g/mol. The second-order valence-electron chi connectivity index (χ2n) is 15.7. The number of carbonyl (C=O) groups excluding carboxylic acids is 5. The summed E-state index contributed by atoms with van der Waals surface area (Å²) in [6.07, 6.45) is 7.57. The third-order valence-electron chi connectivity index (χ3n) is 10.5. The zero-order valence-electron chi connectivity index (χ0n) is 32.2. The maximum atomic E-state index is 14.2. The molecule has 0 saturated heterocycles. The third kappa shape index (κ3) is 13.2. The highest BCUT2D eigenvalue weighted by molar-refractivity contribution is 5.89. The van der Waals surface area contributed by atoms with Crippen LogP contribution >= 0.6 is 0 Å². The monoisotopic (exact) mass is 732 g/mol. The Labute approximate surface area is 315 Å². The van der Waals surface area contributed by atoms with E-state index in [1.54, 1.807) is 0 Å². The van der Waals surface area contributed by atoms with Gasteiger partial charge in [-0.1, -0.05) is 93.3 Å². The molecule has 2 aliphatic rings. The summed E-state index contributed by atoms with van der Waals surface area (Å²) in [5.74, 6) is -1.94. The zero-order valence-corrected chi connectivity index (χ0v) is 32.2. The van der Waals surface area contributed by atoms with Crippen LogP contribution in [0.1, 0.15) is 103 Å². The summed E-state index contributed by atoms with van der Waals surface area (Å²) in [7, 11) is 1.31. The Morgan fingerprint density at radius 2 is 1.28 bits per heavy atom. The molecule has 11 heteroatoms. The van der Waals surface area contributed by atoms with Gasteiger partial charge >= 0.3 is 12.1 Å². The van der Waals surface area contributed by atoms with Crippen molar-refractivity contribution in [1.29, 1.82) is 0 Å². The molecule has 0 radical (unpaired) electrons. The Bertz CT molecular complexity index is 1500. The van der Waals surface area contributed by atoms with Crippen LogP contribution < -0.4 is 21.3 Å². The summed E-state index contributed by atoms with van der Waals surface area (Å²) in [5, 5.41) is 12.3. The lowest BCUT2D eigenvalue weighted by atomic mass is 9.75. The highest BCUT2D eigenvalue weighted by atomic mass is 16.6. The lowest BCUT2D eigenvalue weighted by Crippen LogP contribution is -2.55. The minimum absolute atomic E-state index is 0.0985. The van der Waals surface area contributed by atoms with E-state index in [4.69, 9.17) is 9.47 Å². The van der Waals surface area contributed by atoms with Crippen LogP contribution in [-0.4, -0.2) is 66.7 Å². The fraction of sp³-hybridized carbons (Fsp3) is 0.595. The molecular weight excluding hydrogens is 672 g/mol. The number of hydrogen-bond donors (Lipinski definition) is 4. The van der Waals surface area contributed by atoms with Gasteiger partial charge in [0.15, 0.2) is 0 Å². The molecule has 4 amide bonds. The van der Waals surface area contributed by atoms with Crippen molar-refractivity contribution >= 4 is 29.8 Å². The van der Waals surface area contributed by atoms with E-state index in [2.05, 4.69) is 21.3 Å². The van der Waals surface area contributed by atoms with Crippen molar-refractivity contribution < 1.29 is 33.4 Å². The summed E-state index contributed by atoms with van der Waals surface area (Å²) < 4.78 is 10.5. The summed E-state index contributed by atoms with van der Waals surface area (Å²) >= 11 is 0. The van der Waals surface area contributed by atoms with E-state index in [-0.39, 0.29) is 48.1 Å². The second-order valence-corrected chi connectivity index (χ2v) is 15.7. The smallest absolute Gasteiger partial charge is 0.407 e. The van der Waals surface area contributed by atoms with Crippen LogP contribution in [0.15, 0.2) is 60.7 Å². The molecule has 290 valence electrons. The highest BCUT2D eigenvalue weighted by Crippen LogP contribution is 2.33. The van der Waals surface area contributed by atoms with Gasteiger partial charge in [0, 0.05) is 37.3 Å². The molecule has 0 aromatic heterocycles. The first kappa shape index (κ1) is 41.3. The van der Waals surface area contributed by atoms with Crippen LogP contribution in [0.3, 0.4) is 0 Å². The van der Waals surface area contributed by atoms with Crippen LogP contribution in [0.25, 0.3) is 0 Å². The van der Waals surface area contributed by atoms with Gasteiger partial charge in [-0.15, -0.1) is 0 Å². The lowest BCUT2D eigenvalue weighted by molar-refractivity contribution is -0.145. The molecule has 0 unspecified atom stereocenters. The maximum absolute atomic E-state index is 14.2. The van der Waals surface area contributed by atoms with Gasteiger partial charge in [0.05, 0.1) is 7.11 Å². The van der Waals surface area contributed by atoms with E-state index < -0.39 is 35.7 Å². The number of alkyl carbamates (subject to hydrolysis) is 1. The van der Waals surface area contributed by atoms with E-state index in [1.165, 1.54) is 7.11 Å². The molecule has 2 aliphatic carbocycles. The number of benzene rings is 2. The highest BCUT2D eigenvalue weighted by Gasteiger charge is 2.38. The standard InChI is InChI=1S/C42H60N4O7/c1-6-31(32-22-14-16-24-34(32)46-41(51)53-42(2,3)4)38(48)45-35(25-28-17-9-7-10-18-28)39(49)44-33-23-15-13-21-30(33)27-37(47)43-36(40(50)52-5)26-29-19-11-8-12-20-29/h7-12,17-20,30-36H,6,13-16,21-27H2,1-5H3,(H,43,47)(H,44,49)(H,45,48)(H,46,51)/t30-,31-,32-,33-,34-,35-,36-/m1/s1. The maximum Gasteiger partial charge on any atom is 0.407 e. The minimum atomic E-state index is -0.842. The Balaban J connectivity index is 1.45. The second kappa shape index (κ2) is 20.2. The van der Waals surface area contributed by atoms with Crippen molar-refractivity contribution in [3.8, 4) is 0 Å². The number of ether oxygens (including phenoxy) is 2. The van der Waals surface area contributed by atoms with Crippen molar-refractivity contribution in [2.24, 2.45) is 17.8 Å². The number of hydrogen-bond acceptors (Lipinski definition) is 7. The van der Waals surface area contributed by atoms with E-state index in [0.717, 1.165) is 56.1 Å². The predicted molar refractivity (Wildman–Crippen MR) is 204 cm³/mol. The molecule has 4 N–H and O–H groups in total. The molecule has 0 spiro atoms. The van der Waals surface area contributed by atoms with E-state index in [0.29, 0.717) is 25.7 Å². The number of rotatable bonds is 15. The predicted octanol–water partition coefficient (Wildman–Crippen LogP) is 5.79. The van der Waals surface area contributed by atoms with Crippen LogP contribution in [0.5, 0.6) is 0 Å². The number of esters is 1. The van der Waals surface area contributed by atoms with Crippen molar-refractivity contribution in [3.05, 3.63) is 71.8 Å². The van der Waals surface area contributed by atoms with Crippen LogP contribution in [0.4, 0.5) is 4.79 Å². The Hall–Kier alpha value is -4.41. The molecule has 4 rings (SSSR count). The van der Waals surface area contributed by atoms with E-state index >= 15 is 0 Å². The number of methoxy groups -OCH3 is 1. The molecule has 2 fully saturated rings. The molecule has 0 aliphatic heterocycles. The number of amides is 4. The Kier molecular flexibility index (Phi) is 15.7. The van der Waals surface area contributed by atoms with Crippen molar-refractivity contribution in [2.45, 2.75) is 135 Å². The van der Waals surface area contributed by atoms with Gasteiger partial charge in [-0.2, -0.15) is 0 Å². The summed E-state index contributed by atoms with van der Waals surface area (Å²) in [4.78, 5) is 67.0. The first-order valence-corrected chi connectivity index (χ1v) is 19.4. The van der Waals surface area contributed by atoms with Gasteiger partial charge in [-0.25, -0.2) is 9.59 Å². The van der Waals surface area contributed by atoms with Gasteiger partial charge in [0.2, 0.25) is 17.7 Å². The fourth-order valence-corrected chi connectivity index (χ4v) is 7.90. The minimum Gasteiger partial charge on any atom is -0.467 e. The molecule has 7 atom stereocenters. The van der Waals surface area contributed by atoms with Gasteiger partial charge in [-0.3, -0.25) is 14.4 Å². The first-order chi connectivity index (χ1) is 25.4. The lowest BCUT2D eigenvalue weighted by Gasteiger charge is -2.37. The van der Waals surface area contributed by atoms with Gasteiger partial charge in [0.25, 0.3) is 0 Å².